The Kier molecular flexibility index (Phi) is 4.65. The number of carbonyl (C=O) groups is 2. The van der Waals surface area contributed by atoms with Crippen LogP contribution in [-0.4, -0.2) is 11.6 Å². The first-order chi connectivity index (χ1) is 13.1. The lowest BCUT2D eigenvalue weighted by Gasteiger charge is -2.04. The smallest absolute Gasteiger partial charge is 0.228 e. The summed E-state index contributed by atoms with van der Waals surface area (Å²) in [4.78, 5) is 26.1. The van der Waals surface area contributed by atoms with Crippen molar-refractivity contribution in [2.24, 2.45) is 0 Å². The zero-order chi connectivity index (χ0) is 18.8. The predicted molar refractivity (Wildman–Crippen MR) is 107 cm³/mol. The first kappa shape index (κ1) is 17.3. The van der Waals surface area contributed by atoms with Gasteiger partial charge in [-0.25, -0.2) is 0 Å². The van der Waals surface area contributed by atoms with E-state index < -0.39 is 0 Å². The molecule has 4 heteroatoms. The maximum Gasteiger partial charge on any atom is 0.228 e. The van der Waals surface area contributed by atoms with Crippen LogP contribution in [0.5, 0.6) is 0 Å². The zero-order valence-electron chi connectivity index (χ0n) is 14.6. The Morgan fingerprint density at radius 3 is 1.96 bits per heavy atom. The van der Waals surface area contributed by atoms with Crippen molar-refractivity contribution in [1.82, 2.24) is 0 Å². The van der Waals surface area contributed by atoms with Crippen LogP contribution >= 0.6 is 11.8 Å². The van der Waals surface area contributed by atoms with Crippen molar-refractivity contribution in [1.29, 1.82) is 0 Å². The molecule has 27 heavy (non-hydrogen) atoms. The number of para-hydroxylation sites is 1. The molecule has 0 amide bonds. The summed E-state index contributed by atoms with van der Waals surface area (Å²) in [5, 5.41) is 0.919. The molecular weight excluding hydrogens is 356 g/mol. The fraction of sp³-hybridized carbons (Fsp3) is 0.0435. The average Bonchev–Trinajstić information content (AvgIpc) is 3.13. The summed E-state index contributed by atoms with van der Waals surface area (Å²) in [6.07, 6.45) is 0. The van der Waals surface area contributed by atoms with Gasteiger partial charge in [0, 0.05) is 26.3 Å². The SMILES string of the molecule is CC(=O)c1ccc(Sc2ccc(C(=O)c3cc4ccccc4o3)cc2)cc1. The Labute approximate surface area is 161 Å². The molecule has 0 fully saturated rings. The van der Waals surface area contributed by atoms with E-state index in [0.29, 0.717) is 22.5 Å². The maximum atomic E-state index is 12.7. The highest BCUT2D eigenvalue weighted by Crippen LogP contribution is 2.29. The van der Waals surface area contributed by atoms with Crippen molar-refractivity contribution in [3.63, 3.8) is 0 Å². The number of benzene rings is 3. The van der Waals surface area contributed by atoms with E-state index >= 15 is 0 Å². The third-order valence-corrected chi connectivity index (χ3v) is 5.28. The summed E-state index contributed by atoms with van der Waals surface area (Å²) in [5.41, 5.74) is 2.00. The quantitative estimate of drug-likeness (QED) is 0.402. The topological polar surface area (TPSA) is 47.3 Å². The van der Waals surface area contributed by atoms with Crippen molar-refractivity contribution >= 4 is 34.3 Å². The highest BCUT2D eigenvalue weighted by Gasteiger charge is 2.14. The van der Waals surface area contributed by atoms with E-state index in [2.05, 4.69) is 0 Å². The fourth-order valence-electron chi connectivity index (χ4n) is 2.80. The summed E-state index contributed by atoms with van der Waals surface area (Å²) >= 11 is 1.58. The van der Waals surface area contributed by atoms with E-state index in [-0.39, 0.29) is 11.6 Å². The van der Waals surface area contributed by atoms with Crippen LogP contribution in [0.25, 0.3) is 11.0 Å². The van der Waals surface area contributed by atoms with Crippen LogP contribution in [0.15, 0.2) is 93.1 Å². The first-order valence-corrected chi connectivity index (χ1v) is 9.34. The minimum Gasteiger partial charge on any atom is -0.453 e. The largest absolute Gasteiger partial charge is 0.453 e. The van der Waals surface area contributed by atoms with Crippen LogP contribution in [0, 0.1) is 0 Å². The summed E-state index contributed by atoms with van der Waals surface area (Å²) in [6.45, 7) is 1.56. The van der Waals surface area contributed by atoms with Gasteiger partial charge in [-0.05, 0) is 55.5 Å². The van der Waals surface area contributed by atoms with Crippen molar-refractivity contribution in [2.75, 3.05) is 0 Å². The van der Waals surface area contributed by atoms with Gasteiger partial charge in [-0.15, -0.1) is 0 Å². The second-order valence-electron chi connectivity index (χ2n) is 6.18. The molecule has 0 aliphatic heterocycles. The lowest BCUT2D eigenvalue weighted by atomic mass is 10.1. The van der Waals surface area contributed by atoms with Gasteiger partial charge < -0.3 is 4.42 Å². The highest BCUT2D eigenvalue weighted by molar-refractivity contribution is 7.99. The molecule has 132 valence electrons. The van der Waals surface area contributed by atoms with Gasteiger partial charge >= 0.3 is 0 Å². The minimum atomic E-state index is -0.131. The van der Waals surface area contributed by atoms with Crippen molar-refractivity contribution in [2.45, 2.75) is 16.7 Å². The average molecular weight is 372 g/mol. The van der Waals surface area contributed by atoms with Crippen LogP contribution in [0.3, 0.4) is 0 Å². The van der Waals surface area contributed by atoms with Gasteiger partial charge in [0.25, 0.3) is 0 Å². The van der Waals surface area contributed by atoms with Crippen LogP contribution in [0.2, 0.25) is 0 Å². The van der Waals surface area contributed by atoms with E-state index in [0.717, 1.165) is 15.2 Å². The van der Waals surface area contributed by atoms with Crippen LogP contribution in [0.1, 0.15) is 33.4 Å². The number of ketones is 2. The molecule has 0 spiro atoms. The Hall–Kier alpha value is -3.11. The Balaban J connectivity index is 1.51. The Morgan fingerprint density at radius 2 is 1.37 bits per heavy atom. The molecule has 0 bridgehead atoms. The monoisotopic (exact) mass is 372 g/mol. The van der Waals surface area contributed by atoms with E-state index in [1.54, 1.807) is 24.8 Å². The van der Waals surface area contributed by atoms with Gasteiger partial charge in [0.15, 0.2) is 11.5 Å². The number of furan rings is 1. The lowest BCUT2D eigenvalue weighted by Crippen LogP contribution is -1.98. The molecule has 0 aliphatic rings. The fourth-order valence-corrected chi connectivity index (χ4v) is 3.62. The summed E-state index contributed by atoms with van der Waals surface area (Å²) in [6, 6.07) is 24.3. The van der Waals surface area contributed by atoms with Crippen molar-refractivity contribution in [3.05, 3.63) is 95.7 Å². The molecule has 1 aromatic heterocycles. The number of carbonyl (C=O) groups excluding carboxylic acids is 2. The molecule has 4 aromatic rings. The molecule has 0 radical (unpaired) electrons. The summed E-state index contributed by atoms with van der Waals surface area (Å²) < 4.78 is 5.66. The molecule has 0 saturated heterocycles. The van der Waals surface area contributed by atoms with Gasteiger partial charge in [-0.2, -0.15) is 0 Å². The first-order valence-electron chi connectivity index (χ1n) is 8.52. The third-order valence-electron chi connectivity index (χ3n) is 4.26. The van der Waals surface area contributed by atoms with Crippen LogP contribution < -0.4 is 0 Å². The maximum absolute atomic E-state index is 12.7. The van der Waals surface area contributed by atoms with E-state index in [4.69, 9.17) is 4.42 Å². The number of fused-ring (bicyclic) bond motifs is 1. The number of hydrogen-bond donors (Lipinski definition) is 0. The molecule has 0 N–H and O–H groups in total. The van der Waals surface area contributed by atoms with Crippen molar-refractivity contribution < 1.29 is 14.0 Å². The minimum absolute atomic E-state index is 0.0556. The third kappa shape index (κ3) is 3.71. The van der Waals surface area contributed by atoms with E-state index in [1.807, 2.05) is 72.8 Å². The number of hydrogen-bond acceptors (Lipinski definition) is 4. The zero-order valence-corrected chi connectivity index (χ0v) is 15.5. The molecule has 0 saturated carbocycles. The van der Waals surface area contributed by atoms with Crippen LogP contribution in [0.4, 0.5) is 0 Å². The van der Waals surface area contributed by atoms with Crippen molar-refractivity contribution in [3.8, 4) is 0 Å². The second-order valence-corrected chi connectivity index (χ2v) is 7.33. The molecular formula is C23H16O3S. The van der Waals surface area contributed by atoms with Gasteiger partial charge in [0.1, 0.15) is 5.58 Å². The lowest BCUT2D eigenvalue weighted by molar-refractivity contribution is 0.100. The molecule has 1 heterocycles. The van der Waals surface area contributed by atoms with Gasteiger partial charge in [-0.1, -0.05) is 42.1 Å². The molecule has 3 aromatic carbocycles. The highest BCUT2D eigenvalue weighted by atomic mass is 32.2. The predicted octanol–water partition coefficient (Wildman–Crippen LogP) is 6.02. The number of rotatable bonds is 5. The van der Waals surface area contributed by atoms with Gasteiger partial charge in [-0.3, -0.25) is 9.59 Å². The Morgan fingerprint density at radius 1 is 0.778 bits per heavy atom. The molecule has 0 aliphatic carbocycles. The molecule has 3 nitrogen and oxygen atoms in total. The summed E-state index contributed by atoms with van der Waals surface area (Å²) in [7, 11) is 0. The summed E-state index contributed by atoms with van der Waals surface area (Å²) in [5.74, 6) is 0.269. The van der Waals surface area contributed by atoms with E-state index in [1.165, 1.54) is 0 Å². The molecule has 0 atom stereocenters. The molecule has 4 rings (SSSR count). The van der Waals surface area contributed by atoms with Gasteiger partial charge in [0.2, 0.25) is 5.78 Å². The normalized spacial score (nSPS) is 10.9. The Bertz CT molecular complexity index is 1090. The second kappa shape index (κ2) is 7.25. The standard InChI is InChI=1S/C23H16O3S/c1-15(24)16-6-10-19(11-7-16)27-20-12-8-17(9-13-20)23(25)22-14-18-4-2-3-5-21(18)26-22/h2-14H,1H3. The number of Topliss-reactive ketones (excluding diaryl/α,β-unsaturated/α-hetero) is 1. The van der Waals surface area contributed by atoms with Crippen LogP contribution in [-0.2, 0) is 0 Å². The molecule has 0 unspecified atom stereocenters. The van der Waals surface area contributed by atoms with Gasteiger partial charge in [0.05, 0.1) is 0 Å². The van der Waals surface area contributed by atoms with E-state index in [9.17, 15) is 9.59 Å².